The third-order valence-electron chi connectivity index (χ3n) is 2.10. The smallest absolute Gasteiger partial charge is 0.271 e. The van der Waals surface area contributed by atoms with Crippen LogP contribution in [0.1, 0.15) is 30.8 Å². The third-order valence-corrected chi connectivity index (χ3v) is 2.35. The predicted octanol–water partition coefficient (Wildman–Crippen LogP) is 0.698. The molecule has 0 spiro atoms. The molecule has 1 rings (SSSR count). The average Bonchev–Trinajstić information content (AvgIpc) is 2.69. The van der Waals surface area contributed by atoms with E-state index in [1.54, 1.807) is 10.9 Å². The van der Waals surface area contributed by atoms with Gasteiger partial charge in [0.1, 0.15) is 0 Å². The lowest BCUT2D eigenvalue weighted by molar-refractivity contribution is 0.0995. The number of nitrogens with two attached hydrogens (primary N) is 1. The zero-order valence-corrected chi connectivity index (χ0v) is 10.8. The van der Waals surface area contributed by atoms with Crippen molar-refractivity contribution in [2.24, 2.45) is 5.73 Å². The average molecular weight is 255 g/mol. The van der Waals surface area contributed by atoms with Gasteiger partial charge in [-0.05, 0) is 25.6 Å². The van der Waals surface area contributed by atoms with Crippen molar-refractivity contribution in [3.05, 3.63) is 11.9 Å². The van der Waals surface area contributed by atoms with Crippen molar-refractivity contribution < 1.29 is 4.79 Å². The van der Waals surface area contributed by atoms with Crippen LogP contribution >= 0.6 is 12.2 Å². The van der Waals surface area contributed by atoms with Crippen LogP contribution in [0.3, 0.4) is 0 Å². The SMILES string of the molecule is CCCNC(=S)Nc1cn(CC)nc1C(N)=O. The molecule has 94 valence electrons. The van der Waals surface area contributed by atoms with Crippen LogP contribution in [0, 0.1) is 0 Å². The van der Waals surface area contributed by atoms with E-state index in [1.807, 2.05) is 13.8 Å². The van der Waals surface area contributed by atoms with Gasteiger partial charge in [0.2, 0.25) is 0 Å². The van der Waals surface area contributed by atoms with Gasteiger partial charge in [-0.25, -0.2) is 0 Å². The lowest BCUT2D eigenvalue weighted by atomic mass is 10.3. The van der Waals surface area contributed by atoms with Crippen molar-refractivity contribution in [2.75, 3.05) is 11.9 Å². The van der Waals surface area contributed by atoms with E-state index in [0.29, 0.717) is 17.3 Å². The maximum absolute atomic E-state index is 11.2. The summed E-state index contributed by atoms with van der Waals surface area (Å²) >= 11 is 5.08. The van der Waals surface area contributed by atoms with Crippen molar-refractivity contribution in [1.29, 1.82) is 0 Å². The molecule has 1 amide bonds. The topological polar surface area (TPSA) is 85.0 Å². The number of hydrogen-bond donors (Lipinski definition) is 3. The van der Waals surface area contributed by atoms with Crippen LogP contribution in [-0.2, 0) is 6.54 Å². The second-order valence-corrected chi connectivity index (χ2v) is 3.90. The Kier molecular flexibility index (Phi) is 4.89. The highest BCUT2D eigenvalue weighted by molar-refractivity contribution is 7.80. The van der Waals surface area contributed by atoms with Gasteiger partial charge in [-0.3, -0.25) is 9.48 Å². The summed E-state index contributed by atoms with van der Waals surface area (Å²) in [4.78, 5) is 11.2. The Morgan fingerprint density at radius 2 is 2.29 bits per heavy atom. The molecule has 0 aliphatic rings. The van der Waals surface area contributed by atoms with Crippen molar-refractivity contribution in [2.45, 2.75) is 26.8 Å². The van der Waals surface area contributed by atoms with E-state index in [4.69, 9.17) is 18.0 Å². The Morgan fingerprint density at radius 3 is 2.82 bits per heavy atom. The van der Waals surface area contributed by atoms with Crippen molar-refractivity contribution in [3.63, 3.8) is 0 Å². The van der Waals surface area contributed by atoms with Gasteiger partial charge in [-0.1, -0.05) is 6.92 Å². The van der Waals surface area contributed by atoms with Crippen LogP contribution in [0.5, 0.6) is 0 Å². The van der Waals surface area contributed by atoms with Crippen LogP contribution in [-0.4, -0.2) is 27.3 Å². The number of aromatic nitrogens is 2. The molecule has 0 aliphatic heterocycles. The van der Waals surface area contributed by atoms with Crippen molar-refractivity contribution in [1.82, 2.24) is 15.1 Å². The predicted molar refractivity (Wildman–Crippen MR) is 70.9 cm³/mol. The van der Waals surface area contributed by atoms with Crippen LogP contribution < -0.4 is 16.4 Å². The molecule has 0 radical (unpaired) electrons. The molecule has 6 nitrogen and oxygen atoms in total. The lowest BCUT2D eigenvalue weighted by Crippen LogP contribution is -2.29. The van der Waals surface area contributed by atoms with Crippen molar-refractivity contribution in [3.8, 4) is 0 Å². The number of primary amides is 1. The first-order valence-electron chi connectivity index (χ1n) is 5.50. The summed E-state index contributed by atoms with van der Waals surface area (Å²) in [5.74, 6) is -0.571. The van der Waals surface area contributed by atoms with Crippen LogP contribution in [0.25, 0.3) is 0 Å². The summed E-state index contributed by atoms with van der Waals surface area (Å²) in [6, 6.07) is 0. The Labute approximate surface area is 106 Å². The highest BCUT2D eigenvalue weighted by Crippen LogP contribution is 2.12. The fourth-order valence-corrected chi connectivity index (χ4v) is 1.47. The maximum atomic E-state index is 11.2. The molecule has 0 saturated heterocycles. The number of thiocarbonyl (C=S) groups is 1. The van der Waals surface area contributed by atoms with E-state index in [2.05, 4.69) is 15.7 Å². The van der Waals surface area contributed by atoms with Gasteiger partial charge < -0.3 is 16.4 Å². The minimum absolute atomic E-state index is 0.201. The summed E-state index contributed by atoms with van der Waals surface area (Å²) in [5, 5.41) is 10.4. The van der Waals surface area contributed by atoms with Crippen LogP contribution in [0.4, 0.5) is 5.69 Å². The Bertz CT molecular complexity index is 415. The quantitative estimate of drug-likeness (QED) is 0.674. The number of aryl methyl sites for hydroxylation is 1. The molecule has 0 aromatic carbocycles. The van der Waals surface area contributed by atoms with Crippen molar-refractivity contribution >= 4 is 28.9 Å². The first-order chi connectivity index (χ1) is 8.08. The Morgan fingerprint density at radius 1 is 1.59 bits per heavy atom. The molecule has 0 fully saturated rings. The number of hydrogen-bond acceptors (Lipinski definition) is 3. The van der Waals surface area contributed by atoms with E-state index in [-0.39, 0.29) is 5.69 Å². The monoisotopic (exact) mass is 255 g/mol. The first kappa shape index (κ1) is 13.4. The van der Waals surface area contributed by atoms with Crippen LogP contribution in [0.15, 0.2) is 6.20 Å². The minimum Gasteiger partial charge on any atom is -0.364 e. The summed E-state index contributed by atoms with van der Waals surface area (Å²) in [6.45, 7) is 5.41. The van der Waals surface area contributed by atoms with E-state index < -0.39 is 5.91 Å². The van der Waals surface area contributed by atoms with E-state index in [9.17, 15) is 4.79 Å². The molecular formula is C10H17N5OS. The van der Waals surface area contributed by atoms with Gasteiger partial charge in [-0.15, -0.1) is 0 Å². The van der Waals surface area contributed by atoms with E-state index in [0.717, 1.165) is 13.0 Å². The summed E-state index contributed by atoms with van der Waals surface area (Å²) in [6.07, 6.45) is 2.68. The molecule has 1 heterocycles. The lowest BCUT2D eigenvalue weighted by Gasteiger charge is -2.08. The molecule has 0 unspecified atom stereocenters. The van der Waals surface area contributed by atoms with E-state index in [1.165, 1.54) is 0 Å². The number of nitrogens with one attached hydrogen (secondary N) is 2. The largest absolute Gasteiger partial charge is 0.364 e. The normalized spacial score (nSPS) is 10.0. The molecule has 0 saturated carbocycles. The number of anilines is 1. The number of nitrogens with zero attached hydrogens (tertiary/aromatic N) is 2. The molecule has 17 heavy (non-hydrogen) atoms. The van der Waals surface area contributed by atoms with Gasteiger partial charge in [0.15, 0.2) is 10.8 Å². The molecule has 7 heteroatoms. The minimum atomic E-state index is -0.571. The molecular weight excluding hydrogens is 238 g/mol. The third kappa shape index (κ3) is 3.70. The Hall–Kier alpha value is -1.63. The molecule has 0 atom stereocenters. The fraction of sp³-hybridized carbons (Fsp3) is 0.500. The van der Waals surface area contributed by atoms with Crippen LogP contribution in [0.2, 0.25) is 0 Å². The highest BCUT2D eigenvalue weighted by atomic mass is 32.1. The fourth-order valence-electron chi connectivity index (χ4n) is 1.26. The Balaban J connectivity index is 2.78. The molecule has 1 aromatic rings. The van der Waals surface area contributed by atoms with Gasteiger partial charge in [0.25, 0.3) is 5.91 Å². The second-order valence-electron chi connectivity index (χ2n) is 3.49. The van der Waals surface area contributed by atoms with Gasteiger partial charge in [0.05, 0.1) is 5.69 Å². The molecule has 0 bridgehead atoms. The van der Waals surface area contributed by atoms with Gasteiger partial charge >= 0.3 is 0 Å². The number of amides is 1. The first-order valence-corrected chi connectivity index (χ1v) is 5.91. The number of carbonyl (C=O) groups excluding carboxylic acids is 1. The highest BCUT2D eigenvalue weighted by Gasteiger charge is 2.14. The zero-order chi connectivity index (χ0) is 12.8. The number of carbonyl (C=O) groups is 1. The molecule has 1 aromatic heterocycles. The van der Waals surface area contributed by atoms with Gasteiger partial charge in [-0.2, -0.15) is 5.10 Å². The zero-order valence-electron chi connectivity index (χ0n) is 9.99. The van der Waals surface area contributed by atoms with E-state index >= 15 is 0 Å². The number of rotatable bonds is 5. The maximum Gasteiger partial charge on any atom is 0.271 e. The second kappa shape index (κ2) is 6.19. The molecule has 0 aliphatic carbocycles. The standard InChI is InChI=1S/C10H17N5OS/c1-3-5-12-10(17)13-7-6-15(4-2)14-8(7)9(11)16/h6H,3-5H2,1-2H3,(H2,11,16)(H2,12,13,17). The summed E-state index contributed by atoms with van der Waals surface area (Å²) < 4.78 is 1.63. The van der Waals surface area contributed by atoms with Gasteiger partial charge in [0, 0.05) is 19.3 Å². The molecule has 4 N–H and O–H groups in total. The summed E-state index contributed by atoms with van der Waals surface area (Å²) in [5.41, 5.74) is 5.98. The summed E-state index contributed by atoms with van der Waals surface area (Å²) in [7, 11) is 0.